The summed E-state index contributed by atoms with van der Waals surface area (Å²) >= 11 is 0. The van der Waals surface area contributed by atoms with E-state index < -0.39 is 22.0 Å². The van der Waals surface area contributed by atoms with Crippen molar-refractivity contribution in [1.29, 1.82) is 0 Å². The van der Waals surface area contributed by atoms with Crippen LogP contribution in [0.4, 0.5) is 0 Å². The summed E-state index contributed by atoms with van der Waals surface area (Å²) in [6.07, 6.45) is 0.267. The number of carbonyl (C=O) groups excluding carboxylic acids is 1. The first-order chi connectivity index (χ1) is 6.40. The van der Waals surface area contributed by atoms with E-state index in [1.165, 1.54) is 4.90 Å². The van der Waals surface area contributed by atoms with Gasteiger partial charge in [-0.25, -0.2) is 0 Å². The molecule has 0 bridgehead atoms. The van der Waals surface area contributed by atoms with Crippen molar-refractivity contribution in [2.24, 2.45) is 0 Å². The van der Waals surface area contributed by atoms with Crippen LogP contribution in [0.25, 0.3) is 0 Å². The molecule has 0 saturated heterocycles. The molecule has 0 rings (SSSR count). The molecule has 6 heteroatoms. The molecular formula is C8H15NO4S. The van der Waals surface area contributed by atoms with Crippen molar-refractivity contribution >= 4 is 22.7 Å². The van der Waals surface area contributed by atoms with Crippen molar-refractivity contribution in [2.45, 2.75) is 18.6 Å². The van der Waals surface area contributed by atoms with Crippen LogP contribution in [-0.4, -0.2) is 51.2 Å². The SMILES string of the molecule is CCC(C(=O)O)S(=O)CC(=O)N(C)C. The van der Waals surface area contributed by atoms with Gasteiger partial charge >= 0.3 is 5.97 Å². The lowest BCUT2D eigenvalue weighted by Crippen LogP contribution is -2.33. The second-order valence-electron chi connectivity index (χ2n) is 3.05. The van der Waals surface area contributed by atoms with Gasteiger partial charge in [-0.15, -0.1) is 0 Å². The lowest BCUT2D eigenvalue weighted by molar-refractivity contribution is -0.136. The zero-order valence-electron chi connectivity index (χ0n) is 8.52. The van der Waals surface area contributed by atoms with Crippen molar-refractivity contribution < 1.29 is 18.9 Å². The van der Waals surface area contributed by atoms with Crippen LogP contribution in [0.15, 0.2) is 0 Å². The van der Waals surface area contributed by atoms with Crippen molar-refractivity contribution in [2.75, 3.05) is 19.8 Å². The normalized spacial score (nSPS) is 14.5. The smallest absolute Gasteiger partial charge is 0.319 e. The monoisotopic (exact) mass is 221 g/mol. The van der Waals surface area contributed by atoms with Crippen LogP contribution in [0.5, 0.6) is 0 Å². The minimum atomic E-state index is -1.63. The van der Waals surface area contributed by atoms with Gasteiger partial charge in [-0.1, -0.05) is 6.92 Å². The van der Waals surface area contributed by atoms with E-state index in [-0.39, 0.29) is 18.1 Å². The number of carboxylic acid groups (broad SMARTS) is 1. The van der Waals surface area contributed by atoms with Crippen molar-refractivity contribution in [3.05, 3.63) is 0 Å². The van der Waals surface area contributed by atoms with E-state index in [0.29, 0.717) is 0 Å². The molecule has 0 heterocycles. The van der Waals surface area contributed by atoms with Crippen LogP contribution in [0, 0.1) is 0 Å². The van der Waals surface area contributed by atoms with Crippen LogP contribution in [0.1, 0.15) is 13.3 Å². The second-order valence-corrected chi connectivity index (χ2v) is 4.67. The van der Waals surface area contributed by atoms with Gasteiger partial charge in [-0.3, -0.25) is 13.8 Å². The Labute approximate surface area is 85.5 Å². The van der Waals surface area contributed by atoms with Crippen LogP contribution in [0.3, 0.4) is 0 Å². The topological polar surface area (TPSA) is 74.7 Å². The molecule has 0 radical (unpaired) electrons. The molecule has 1 amide bonds. The molecule has 0 aliphatic heterocycles. The molecule has 2 unspecified atom stereocenters. The molecule has 0 spiro atoms. The van der Waals surface area contributed by atoms with Crippen molar-refractivity contribution in [3.63, 3.8) is 0 Å². The molecule has 82 valence electrons. The Morgan fingerprint density at radius 2 is 1.93 bits per heavy atom. The van der Waals surface area contributed by atoms with E-state index in [4.69, 9.17) is 5.11 Å². The van der Waals surface area contributed by atoms with Gasteiger partial charge in [-0.05, 0) is 6.42 Å². The molecule has 2 atom stereocenters. The van der Waals surface area contributed by atoms with Gasteiger partial charge in [0.15, 0.2) is 0 Å². The number of nitrogens with zero attached hydrogens (tertiary/aromatic N) is 1. The molecule has 0 aliphatic rings. The highest BCUT2D eigenvalue weighted by Gasteiger charge is 2.24. The molecule has 5 nitrogen and oxygen atoms in total. The highest BCUT2D eigenvalue weighted by atomic mass is 32.2. The summed E-state index contributed by atoms with van der Waals surface area (Å²) in [6, 6.07) is 0. The van der Waals surface area contributed by atoms with Gasteiger partial charge in [-0.2, -0.15) is 0 Å². The largest absolute Gasteiger partial charge is 0.480 e. The van der Waals surface area contributed by atoms with Gasteiger partial charge in [0.1, 0.15) is 11.0 Å². The zero-order chi connectivity index (χ0) is 11.3. The number of hydrogen-bond acceptors (Lipinski definition) is 3. The molecular weight excluding hydrogens is 206 g/mol. The molecule has 0 aliphatic carbocycles. The van der Waals surface area contributed by atoms with Crippen LogP contribution < -0.4 is 0 Å². The number of hydrogen-bond donors (Lipinski definition) is 1. The summed E-state index contributed by atoms with van der Waals surface area (Å²) < 4.78 is 11.4. The molecule has 0 saturated carbocycles. The predicted octanol–water partition coefficient (Wildman–Crippen LogP) is -0.313. The van der Waals surface area contributed by atoms with Crippen molar-refractivity contribution in [3.8, 4) is 0 Å². The van der Waals surface area contributed by atoms with E-state index in [1.54, 1.807) is 21.0 Å². The van der Waals surface area contributed by atoms with Gasteiger partial charge in [0.05, 0.1) is 0 Å². The first-order valence-corrected chi connectivity index (χ1v) is 5.58. The summed E-state index contributed by atoms with van der Waals surface area (Å²) in [5.41, 5.74) is 0. The summed E-state index contributed by atoms with van der Waals surface area (Å²) in [6.45, 7) is 1.64. The fourth-order valence-corrected chi connectivity index (χ4v) is 2.12. The zero-order valence-corrected chi connectivity index (χ0v) is 9.34. The number of rotatable bonds is 5. The number of carbonyl (C=O) groups is 2. The van der Waals surface area contributed by atoms with Crippen LogP contribution in [-0.2, 0) is 20.4 Å². The third kappa shape index (κ3) is 3.87. The first-order valence-electron chi connectivity index (χ1n) is 4.20. The van der Waals surface area contributed by atoms with Gasteiger partial charge in [0.25, 0.3) is 0 Å². The highest BCUT2D eigenvalue weighted by molar-refractivity contribution is 7.87. The van der Waals surface area contributed by atoms with Crippen LogP contribution in [0.2, 0.25) is 0 Å². The molecule has 0 aromatic rings. The molecule has 14 heavy (non-hydrogen) atoms. The maximum absolute atomic E-state index is 11.4. The maximum atomic E-state index is 11.4. The quantitative estimate of drug-likeness (QED) is 0.691. The molecule has 0 aromatic carbocycles. The minimum absolute atomic E-state index is 0.224. The Balaban J connectivity index is 4.32. The summed E-state index contributed by atoms with van der Waals surface area (Å²) in [5, 5.41) is 7.73. The Bertz CT molecular complexity index is 252. The van der Waals surface area contributed by atoms with Gasteiger partial charge < -0.3 is 10.0 Å². The van der Waals surface area contributed by atoms with E-state index in [9.17, 15) is 13.8 Å². The Hall–Kier alpha value is -0.910. The van der Waals surface area contributed by atoms with E-state index in [2.05, 4.69) is 0 Å². The third-order valence-electron chi connectivity index (χ3n) is 1.73. The fraction of sp³-hybridized carbons (Fsp3) is 0.750. The number of amides is 1. The van der Waals surface area contributed by atoms with Crippen molar-refractivity contribution in [1.82, 2.24) is 4.90 Å². The first kappa shape index (κ1) is 13.1. The lowest BCUT2D eigenvalue weighted by atomic mass is 10.3. The third-order valence-corrected chi connectivity index (χ3v) is 3.43. The summed E-state index contributed by atoms with van der Waals surface area (Å²) in [7, 11) is 1.46. The average Bonchev–Trinajstić information content (AvgIpc) is 2.04. The number of aliphatic carboxylic acids is 1. The Kier molecular flexibility index (Phi) is 5.37. The summed E-state index contributed by atoms with van der Waals surface area (Å²) in [4.78, 5) is 23.0. The Morgan fingerprint density at radius 3 is 2.21 bits per heavy atom. The maximum Gasteiger partial charge on any atom is 0.319 e. The predicted molar refractivity (Wildman–Crippen MR) is 53.4 cm³/mol. The van der Waals surface area contributed by atoms with E-state index >= 15 is 0 Å². The Morgan fingerprint density at radius 1 is 1.43 bits per heavy atom. The summed E-state index contributed by atoms with van der Waals surface area (Å²) in [5.74, 6) is -1.65. The highest BCUT2D eigenvalue weighted by Crippen LogP contribution is 2.03. The minimum Gasteiger partial charge on any atom is -0.480 e. The van der Waals surface area contributed by atoms with E-state index in [0.717, 1.165) is 0 Å². The fourth-order valence-electron chi connectivity index (χ4n) is 0.824. The average molecular weight is 221 g/mol. The molecule has 0 aromatic heterocycles. The van der Waals surface area contributed by atoms with Gasteiger partial charge in [0, 0.05) is 24.9 Å². The van der Waals surface area contributed by atoms with Crippen LogP contribution >= 0.6 is 0 Å². The number of carboxylic acids is 1. The van der Waals surface area contributed by atoms with E-state index in [1.807, 2.05) is 0 Å². The molecule has 1 N–H and O–H groups in total. The molecule has 0 fully saturated rings. The standard InChI is InChI=1S/C8H15NO4S/c1-4-6(8(11)12)14(13)5-7(10)9(2)3/h6H,4-5H2,1-3H3,(H,11,12). The lowest BCUT2D eigenvalue weighted by Gasteiger charge is -2.12. The van der Waals surface area contributed by atoms with Gasteiger partial charge in [0.2, 0.25) is 5.91 Å². The second kappa shape index (κ2) is 5.74.